The summed E-state index contributed by atoms with van der Waals surface area (Å²) < 4.78 is 4.66. The average molecular weight is 835 g/mol. The summed E-state index contributed by atoms with van der Waals surface area (Å²) in [6.45, 7) is 18.0. The van der Waals surface area contributed by atoms with Gasteiger partial charge in [-0.2, -0.15) is 17.2 Å². The van der Waals surface area contributed by atoms with Crippen molar-refractivity contribution in [2.75, 3.05) is 0 Å². The van der Waals surface area contributed by atoms with E-state index in [1.165, 1.54) is 83.5 Å². The van der Waals surface area contributed by atoms with Crippen LogP contribution in [0.2, 0.25) is 10.0 Å². The summed E-state index contributed by atoms with van der Waals surface area (Å²) in [5.74, 6) is 0.468. The zero-order valence-electron chi connectivity index (χ0n) is 33.2. The average Bonchev–Trinajstić information content (AvgIpc) is 3.82. The Balaban J connectivity index is 0.000000135. The predicted molar refractivity (Wildman–Crippen MR) is 236 cm³/mol. The van der Waals surface area contributed by atoms with Gasteiger partial charge in [-0.15, -0.1) is 17.2 Å². The Bertz CT molecular complexity index is 2330. The van der Waals surface area contributed by atoms with E-state index in [4.69, 9.17) is 23.2 Å². The van der Waals surface area contributed by atoms with E-state index >= 15 is 0 Å². The first-order valence-corrected chi connectivity index (χ1v) is 22.8. The maximum atomic E-state index is 5.84. The van der Waals surface area contributed by atoms with Crippen LogP contribution in [0, 0.1) is 18.1 Å². The Hall–Kier alpha value is -3.74. The second-order valence-electron chi connectivity index (χ2n) is 16.3. The second kappa shape index (κ2) is 16.0. The third kappa shape index (κ3) is 8.66. The van der Waals surface area contributed by atoms with E-state index in [-0.39, 0.29) is 10.8 Å². The molecule has 55 heavy (non-hydrogen) atoms. The van der Waals surface area contributed by atoms with Gasteiger partial charge >= 0.3 is 123 Å². The van der Waals surface area contributed by atoms with Crippen molar-refractivity contribution in [3.05, 3.63) is 193 Å². The Morgan fingerprint density at radius 1 is 0.655 bits per heavy atom. The van der Waals surface area contributed by atoms with E-state index in [1.54, 1.807) is 0 Å². The molecule has 0 spiro atoms. The van der Waals surface area contributed by atoms with Gasteiger partial charge in [-0.05, 0) is 58.4 Å². The number of hydrogen-bond donors (Lipinski definition) is 0. The molecule has 0 radical (unpaired) electrons. The minimum atomic E-state index is -0.623. The molecule has 0 saturated carbocycles. The fourth-order valence-electron chi connectivity index (χ4n) is 8.39. The molecule has 0 heterocycles. The number of benzene rings is 5. The van der Waals surface area contributed by atoms with E-state index in [1.807, 2.05) is 30.3 Å². The van der Waals surface area contributed by atoms with E-state index in [9.17, 15) is 0 Å². The van der Waals surface area contributed by atoms with E-state index in [0.717, 1.165) is 16.5 Å². The summed E-state index contributed by atoms with van der Waals surface area (Å²) in [5.41, 5.74) is 21.0. The van der Waals surface area contributed by atoms with Crippen molar-refractivity contribution in [3.63, 3.8) is 0 Å². The van der Waals surface area contributed by atoms with Crippen LogP contribution in [0.1, 0.15) is 105 Å². The number of hydrogen-bond acceptors (Lipinski definition) is 0. The van der Waals surface area contributed by atoms with Crippen LogP contribution in [0.4, 0.5) is 0 Å². The molecular formula is C52H48Cl2Zr-2. The van der Waals surface area contributed by atoms with Gasteiger partial charge in [0.15, 0.2) is 0 Å². The first-order valence-electron chi connectivity index (χ1n) is 19.2. The molecule has 1 unspecified atom stereocenters. The molecule has 0 nitrogen and oxygen atoms in total. The van der Waals surface area contributed by atoms with Crippen molar-refractivity contribution in [2.24, 2.45) is 5.92 Å². The zero-order chi connectivity index (χ0) is 39.1. The van der Waals surface area contributed by atoms with E-state index in [2.05, 4.69) is 160 Å². The third-order valence-electron chi connectivity index (χ3n) is 11.0. The fraction of sp³-hybridized carbons (Fsp3) is 0.231. The Kier molecular flexibility index (Phi) is 11.5. The fourth-order valence-corrected chi connectivity index (χ4v) is 10.7. The van der Waals surface area contributed by atoms with Crippen LogP contribution < -0.4 is 0 Å². The molecule has 4 aliphatic carbocycles. The molecule has 4 aliphatic rings. The van der Waals surface area contributed by atoms with Gasteiger partial charge in [0.05, 0.1) is 0 Å². The van der Waals surface area contributed by atoms with Gasteiger partial charge in [0.2, 0.25) is 0 Å². The molecule has 276 valence electrons. The molecule has 9 rings (SSSR count). The minimum absolute atomic E-state index is 0.0340. The monoisotopic (exact) mass is 832 g/mol. The molecular weight excluding hydrogens is 787 g/mol. The molecule has 0 aromatic heterocycles. The normalized spacial score (nSPS) is 17.3. The van der Waals surface area contributed by atoms with Gasteiger partial charge < -0.3 is 0 Å². The quantitative estimate of drug-likeness (QED) is 0.156. The molecule has 0 saturated heterocycles. The molecule has 0 fully saturated rings. The van der Waals surface area contributed by atoms with Crippen molar-refractivity contribution in [1.29, 1.82) is 0 Å². The first kappa shape index (κ1) is 39.5. The topological polar surface area (TPSA) is 0 Å². The summed E-state index contributed by atoms with van der Waals surface area (Å²) in [5, 5.41) is 1.57. The SMILES string of the molecule is CC1=[C-]C(C)(C)c2cc3c(cc21)-c1cc2c(cc1C3)C(C)(C)C=C2C.CC1=[C-]C(C)C=C1c1ccccc1.Clc1ccc([CH]=[Zr]=[CH]c2ccc(Cl)cc2)cc1. The van der Waals surface area contributed by atoms with Crippen LogP contribution in [0.5, 0.6) is 0 Å². The number of fused-ring (bicyclic) bond motifs is 5. The Labute approximate surface area is 349 Å². The predicted octanol–water partition coefficient (Wildman–Crippen LogP) is 14.0. The van der Waals surface area contributed by atoms with Gasteiger partial charge in [0.25, 0.3) is 0 Å². The van der Waals surface area contributed by atoms with Crippen molar-refractivity contribution in [1.82, 2.24) is 0 Å². The number of allylic oxidation sites excluding steroid dienone is 8. The van der Waals surface area contributed by atoms with Gasteiger partial charge in [-0.3, -0.25) is 12.2 Å². The van der Waals surface area contributed by atoms with Crippen LogP contribution in [-0.2, 0) is 39.5 Å². The molecule has 0 aliphatic heterocycles. The standard InChI is InChI=1S/C25H25.C13H13.2C7H5Cl.Zr/c1-14-12-24(3,4)22-8-16-7-17-9-23-19(15(2)13-25(23,5)6)11-21(17)20(16)10-18(14)22;1-10-8-11(2)13(9-10)12-6-4-3-5-7-12;2*1-6-2-4-7(8)5-3-6;/h8-12H,7H2,1-6H3;3-7,9-10H,1-2H3;2*1-5H;/q2*-1;;;. The third-order valence-corrected chi connectivity index (χ3v) is 14.0. The van der Waals surface area contributed by atoms with Crippen LogP contribution in [-0.4, -0.2) is 7.42 Å². The maximum absolute atomic E-state index is 5.84. The van der Waals surface area contributed by atoms with Gasteiger partial charge in [0.1, 0.15) is 0 Å². The van der Waals surface area contributed by atoms with Crippen LogP contribution in [0.25, 0.3) is 27.8 Å². The van der Waals surface area contributed by atoms with Gasteiger partial charge in [0, 0.05) is 5.41 Å². The summed E-state index contributed by atoms with van der Waals surface area (Å²) in [7, 11) is 0. The summed E-state index contributed by atoms with van der Waals surface area (Å²) in [6.07, 6.45) is 12.8. The molecule has 5 aromatic rings. The van der Waals surface area contributed by atoms with E-state index in [0.29, 0.717) is 5.92 Å². The van der Waals surface area contributed by atoms with Crippen molar-refractivity contribution >= 4 is 47.3 Å². The Morgan fingerprint density at radius 3 is 1.75 bits per heavy atom. The van der Waals surface area contributed by atoms with E-state index < -0.39 is 22.3 Å². The van der Waals surface area contributed by atoms with Gasteiger partial charge in [-0.1, -0.05) is 108 Å². The summed E-state index contributed by atoms with van der Waals surface area (Å²) in [4.78, 5) is 0. The molecule has 0 N–H and O–H groups in total. The van der Waals surface area contributed by atoms with Crippen molar-refractivity contribution < 1.29 is 22.3 Å². The number of halogens is 2. The first-order chi connectivity index (χ1) is 26.2. The summed E-state index contributed by atoms with van der Waals surface area (Å²) >= 11 is 11.0. The Morgan fingerprint density at radius 2 is 1.20 bits per heavy atom. The van der Waals surface area contributed by atoms with Crippen LogP contribution in [0.3, 0.4) is 0 Å². The molecule has 0 amide bonds. The zero-order valence-corrected chi connectivity index (χ0v) is 37.1. The van der Waals surface area contributed by atoms with Crippen molar-refractivity contribution in [2.45, 2.75) is 72.6 Å². The molecule has 5 aromatic carbocycles. The van der Waals surface area contributed by atoms with Gasteiger partial charge in [-0.25, -0.2) is 11.1 Å². The second-order valence-corrected chi connectivity index (χ2v) is 19.4. The van der Waals surface area contributed by atoms with Crippen LogP contribution >= 0.6 is 23.2 Å². The molecule has 3 heteroatoms. The van der Waals surface area contributed by atoms with Crippen molar-refractivity contribution in [3.8, 4) is 11.1 Å². The molecule has 0 bridgehead atoms. The molecule has 1 atom stereocenters. The van der Waals surface area contributed by atoms with Crippen LogP contribution in [0.15, 0.2) is 121 Å². The summed E-state index contributed by atoms with van der Waals surface area (Å²) in [6, 6.07) is 36.2. The number of rotatable bonds is 3.